The molecular weight excluding hydrogens is 218 g/mol. The first-order valence-electron chi connectivity index (χ1n) is 4.32. The van der Waals surface area contributed by atoms with Crippen LogP contribution in [-0.4, -0.2) is 31.1 Å². The van der Waals surface area contributed by atoms with Gasteiger partial charge in [-0.25, -0.2) is 4.98 Å². The number of ether oxygens (including phenoxy) is 1. The Morgan fingerprint density at radius 3 is 2.93 bits per heavy atom. The SMILES string of the molecule is CCOc1nc(Cl)nc(-n2ccnc2)n1. The standard InChI is InChI=1S/C8H8ClN5O/c1-2-15-8-12-6(9)11-7(13-8)14-4-3-10-5-14/h3-5H,2H2,1H3. The quantitative estimate of drug-likeness (QED) is 0.783. The van der Waals surface area contributed by atoms with Crippen LogP contribution in [0.4, 0.5) is 0 Å². The van der Waals surface area contributed by atoms with Gasteiger partial charge in [-0.2, -0.15) is 15.0 Å². The third-order valence-electron chi connectivity index (χ3n) is 1.58. The summed E-state index contributed by atoms with van der Waals surface area (Å²) in [5.74, 6) is 0.385. The molecule has 0 fully saturated rings. The van der Waals surface area contributed by atoms with Gasteiger partial charge in [0.25, 0.3) is 0 Å². The van der Waals surface area contributed by atoms with Gasteiger partial charge in [0.2, 0.25) is 11.2 Å². The Morgan fingerprint density at radius 1 is 1.40 bits per heavy atom. The number of nitrogens with zero attached hydrogens (tertiary/aromatic N) is 5. The normalized spacial score (nSPS) is 10.3. The lowest BCUT2D eigenvalue weighted by molar-refractivity contribution is 0.311. The van der Waals surface area contributed by atoms with Crippen LogP contribution < -0.4 is 4.74 Å². The molecule has 2 rings (SSSR count). The number of imidazole rings is 1. The molecule has 6 nitrogen and oxygen atoms in total. The maximum atomic E-state index is 5.73. The molecule has 0 unspecified atom stereocenters. The molecule has 2 aromatic heterocycles. The van der Waals surface area contributed by atoms with Gasteiger partial charge in [-0.15, -0.1) is 0 Å². The zero-order valence-electron chi connectivity index (χ0n) is 7.96. The van der Waals surface area contributed by atoms with Gasteiger partial charge in [0.15, 0.2) is 0 Å². The first-order chi connectivity index (χ1) is 7.29. The molecule has 0 saturated heterocycles. The molecule has 7 heteroatoms. The van der Waals surface area contributed by atoms with Crippen molar-refractivity contribution in [3.63, 3.8) is 0 Å². The molecule has 15 heavy (non-hydrogen) atoms. The Kier molecular flexibility index (Phi) is 2.77. The number of rotatable bonds is 3. The summed E-state index contributed by atoms with van der Waals surface area (Å²) in [6.45, 7) is 2.32. The van der Waals surface area contributed by atoms with E-state index in [0.29, 0.717) is 12.6 Å². The highest BCUT2D eigenvalue weighted by Crippen LogP contribution is 2.10. The minimum atomic E-state index is 0.0946. The highest BCUT2D eigenvalue weighted by atomic mass is 35.5. The molecule has 0 aliphatic heterocycles. The van der Waals surface area contributed by atoms with E-state index in [0.717, 1.165) is 0 Å². The Hall–Kier alpha value is -1.69. The average Bonchev–Trinajstić information content (AvgIpc) is 2.70. The average molecular weight is 226 g/mol. The summed E-state index contributed by atoms with van der Waals surface area (Å²) in [6.07, 6.45) is 4.90. The van der Waals surface area contributed by atoms with Gasteiger partial charge in [-0.05, 0) is 18.5 Å². The molecule has 0 radical (unpaired) electrons. The molecule has 0 atom stereocenters. The molecule has 0 aliphatic carbocycles. The second-order valence-electron chi connectivity index (χ2n) is 2.59. The first kappa shape index (κ1) is 9.85. The summed E-state index contributed by atoms with van der Waals surface area (Å²) in [5, 5.41) is 0.0946. The summed E-state index contributed by atoms with van der Waals surface area (Å²) in [4.78, 5) is 15.7. The van der Waals surface area contributed by atoms with E-state index in [1.54, 1.807) is 23.3 Å². The zero-order valence-corrected chi connectivity index (χ0v) is 8.72. The van der Waals surface area contributed by atoms with Crippen LogP contribution in [0.3, 0.4) is 0 Å². The molecule has 2 heterocycles. The fraction of sp³-hybridized carbons (Fsp3) is 0.250. The van der Waals surface area contributed by atoms with Gasteiger partial charge < -0.3 is 4.74 Å². The van der Waals surface area contributed by atoms with E-state index >= 15 is 0 Å². The van der Waals surface area contributed by atoms with E-state index in [4.69, 9.17) is 16.3 Å². The van der Waals surface area contributed by atoms with Gasteiger partial charge in [0.1, 0.15) is 6.33 Å². The highest BCUT2D eigenvalue weighted by molar-refractivity contribution is 6.28. The largest absolute Gasteiger partial charge is 0.464 e. The minimum absolute atomic E-state index is 0.0946. The van der Waals surface area contributed by atoms with Gasteiger partial charge in [-0.3, -0.25) is 4.57 Å². The molecule has 0 saturated carbocycles. The van der Waals surface area contributed by atoms with Gasteiger partial charge in [0, 0.05) is 12.4 Å². The van der Waals surface area contributed by atoms with Crippen LogP contribution in [-0.2, 0) is 0 Å². The fourth-order valence-electron chi connectivity index (χ4n) is 1.01. The smallest absolute Gasteiger partial charge is 0.322 e. The lowest BCUT2D eigenvalue weighted by Crippen LogP contribution is -2.05. The summed E-state index contributed by atoms with van der Waals surface area (Å²) >= 11 is 5.73. The summed E-state index contributed by atoms with van der Waals surface area (Å²) in [7, 11) is 0. The highest BCUT2D eigenvalue weighted by Gasteiger charge is 2.06. The number of aromatic nitrogens is 5. The lowest BCUT2D eigenvalue weighted by Gasteiger charge is -2.03. The Balaban J connectivity index is 2.40. The first-order valence-corrected chi connectivity index (χ1v) is 4.70. The van der Waals surface area contributed by atoms with Gasteiger partial charge in [0.05, 0.1) is 6.61 Å². The molecule has 0 amide bonds. The maximum Gasteiger partial charge on any atom is 0.322 e. The van der Waals surface area contributed by atoms with Crippen molar-refractivity contribution in [1.29, 1.82) is 0 Å². The predicted molar refractivity (Wildman–Crippen MR) is 53.1 cm³/mol. The number of hydrogen-bond acceptors (Lipinski definition) is 5. The Bertz CT molecular complexity index is 444. The molecule has 0 N–H and O–H groups in total. The third kappa shape index (κ3) is 2.21. The molecule has 78 valence electrons. The van der Waals surface area contributed by atoms with Crippen LogP contribution >= 0.6 is 11.6 Å². The monoisotopic (exact) mass is 225 g/mol. The van der Waals surface area contributed by atoms with Crippen LogP contribution in [0.2, 0.25) is 5.28 Å². The van der Waals surface area contributed by atoms with Crippen LogP contribution in [0.15, 0.2) is 18.7 Å². The van der Waals surface area contributed by atoms with Crippen molar-refractivity contribution in [1.82, 2.24) is 24.5 Å². The third-order valence-corrected chi connectivity index (χ3v) is 1.75. The van der Waals surface area contributed by atoms with Gasteiger partial charge in [-0.1, -0.05) is 0 Å². The van der Waals surface area contributed by atoms with Crippen molar-refractivity contribution in [2.75, 3.05) is 6.61 Å². The van der Waals surface area contributed by atoms with Gasteiger partial charge >= 0.3 is 6.01 Å². The van der Waals surface area contributed by atoms with Crippen LogP contribution in [0.5, 0.6) is 6.01 Å². The van der Waals surface area contributed by atoms with Crippen molar-refractivity contribution in [2.45, 2.75) is 6.92 Å². The maximum absolute atomic E-state index is 5.73. The molecule has 0 spiro atoms. The molecule has 0 bridgehead atoms. The summed E-state index contributed by atoms with van der Waals surface area (Å²) in [5.41, 5.74) is 0. The Labute approximate surface area is 90.9 Å². The van der Waals surface area contributed by atoms with Crippen LogP contribution in [0.1, 0.15) is 6.92 Å². The fourth-order valence-corrected chi connectivity index (χ4v) is 1.16. The van der Waals surface area contributed by atoms with Crippen molar-refractivity contribution < 1.29 is 4.74 Å². The second-order valence-corrected chi connectivity index (χ2v) is 2.93. The van der Waals surface area contributed by atoms with Crippen molar-refractivity contribution in [3.8, 4) is 12.0 Å². The predicted octanol–water partition coefficient (Wildman–Crippen LogP) is 1.11. The van der Waals surface area contributed by atoms with E-state index in [1.165, 1.54) is 0 Å². The van der Waals surface area contributed by atoms with E-state index in [1.807, 2.05) is 6.92 Å². The topological polar surface area (TPSA) is 65.7 Å². The minimum Gasteiger partial charge on any atom is -0.464 e. The van der Waals surface area contributed by atoms with Crippen LogP contribution in [0, 0.1) is 0 Å². The van der Waals surface area contributed by atoms with E-state index in [-0.39, 0.29) is 11.3 Å². The molecule has 2 aromatic rings. The zero-order chi connectivity index (χ0) is 10.7. The lowest BCUT2D eigenvalue weighted by atomic mass is 10.8. The number of halogens is 1. The number of hydrogen-bond donors (Lipinski definition) is 0. The Morgan fingerprint density at radius 2 is 2.27 bits per heavy atom. The van der Waals surface area contributed by atoms with E-state index < -0.39 is 0 Å². The van der Waals surface area contributed by atoms with Crippen molar-refractivity contribution in [2.24, 2.45) is 0 Å². The van der Waals surface area contributed by atoms with E-state index in [2.05, 4.69) is 19.9 Å². The summed E-state index contributed by atoms with van der Waals surface area (Å²) < 4.78 is 6.77. The molecule has 0 aliphatic rings. The van der Waals surface area contributed by atoms with E-state index in [9.17, 15) is 0 Å². The second kappa shape index (κ2) is 4.22. The molecule has 0 aromatic carbocycles. The summed E-state index contributed by atoms with van der Waals surface area (Å²) in [6, 6.07) is 0.209. The van der Waals surface area contributed by atoms with Crippen LogP contribution in [0.25, 0.3) is 5.95 Å². The molecular formula is C8H8ClN5O. The van der Waals surface area contributed by atoms with Crippen molar-refractivity contribution in [3.05, 3.63) is 24.0 Å². The van der Waals surface area contributed by atoms with Crippen molar-refractivity contribution >= 4 is 11.6 Å².